The van der Waals surface area contributed by atoms with Crippen LogP contribution < -0.4 is 15.5 Å². The monoisotopic (exact) mass is 316 g/mol. The summed E-state index contributed by atoms with van der Waals surface area (Å²) < 4.78 is 0. The molecule has 0 aromatic carbocycles. The first-order valence-corrected chi connectivity index (χ1v) is 8.43. The molecule has 3 unspecified atom stereocenters. The highest BCUT2D eigenvalue weighted by molar-refractivity contribution is 5.99. The number of nitrogens with zero attached hydrogens (tertiary/aromatic N) is 2. The number of hydrogen-bond donors (Lipinski definition) is 2. The Morgan fingerprint density at radius 3 is 2.83 bits per heavy atom. The van der Waals surface area contributed by atoms with Crippen molar-refractivity contribution < 1.29 is 9.59 Å². The SMILES string of the molecule is CC1CCCC1NC(=O)NC1CCCN(c2cccnc2)C1=O. The molecule has 1 saturated carbocycles. The van der Waals surface area contributed by atoms with Crippen LogP contribution in [0.4, 0.5) is 10.5 Å². The summed E-state index contributed by atoms with van der Waals surface area (Å²) in [5.41, 5.74) is 0.786. The maximum Gasteiger partial charge on any atom is 0.315 e. The number of carbonyl (C=O) groups is 2. The van der Waals surface area contributed by atoms with Crippen molar-refractivity contribution in [2.45, 2.75) is 51.1 Å². The molecule has 3 rings (SSSR count). The van der Waals surface area contributed by atoms with E-state index in [4.69, 9.17) is 0 Å². The second kappa shape index (κ2) is 6.98. The van der Waals surface area contributed by atoms with Gasteiger partial charge in [-0.05, 0) is 43.7 Å². The van der Waals surface area contributed by atoms with E-state index < -0.39 is 6.04 Å². The molecule has 1 aromatic rings. The third kappa shape index (κ3) is 3.63. The van der Waals surface area contributed by atoms with E-state index in [9.17, 15) is 9.59 Å². The van der Waals surface area contributed by atoms with Gasteiger partial charge in [0.1, 0.15) is 6.04 Å². The van der Waals surface area contributed by atoms with Crippen LogP contribution in [0.5, 0.6) is 0 Å². The van der Waals surface area contributed by atoms with Crippen molar-refractivity contribution in [1.82, 2.24) is 15.6 Å². The molecule has 2 aliphatic rings. The highest BCUT2D eigenvalue weighted by atomic mass is 16.2. The summed E-state index contributed by atoms with van der Waals surface area (Å²) >= 11 is 0. The first-order valence-electron chi connectivity index (χ1n) is 8.43. The molecule has 1 aliphatic carbocycles. The van der Waals surface area contributed by atoms with Crippen LogP contribution in [-0.2, 0) is 4.79 Å². The topological polar surface area (TPSA) is 74.3 Å². The van der Waals surface area contributed by atoms with Crippen molar-refractivity contribution >= 4 is 17.6 Å². The van der Waals surface area contributed by atoms with Gasteiger partial charge in [0.05, 0.1) is 11.9 Å². The lowest BCUT2D eigenvalue weighted by Crippen LogP contribution is -2.55. The van der Waals surface area contributed by atoms with Gasteiger partial charge in [0.2, 0.25) is 5.91 Å². The largest absolute Gasteiger partial charge is 0.335 e. The van der Waals surface area contributed by atoms with Crippen LogP contribution in [-0.4, -0.2) is 35.6 Å². The molecule has 1 aliphatic heterocycles. The van der Waals surface area contributed by atoms with Gasteiger partial charge in [-0.1, -0.05) is 13.3 Å². The molecule has 2 heterocycles. The van der Waals surface area contributed by atoms with Gasteiger partial charge in [-0.15, -0.1) is 0 Å². The lowest BCUT2D eigenvalue weighted by Gasteiger charge is -2.32. The summed E-state index contributed by atoms with van der Waals surface area (Å²) in [6.45, 7) is 2.83. The van der Waals surface area contributed by atoms with E-state index in [1.54, 1.807) is 17.3 Å². The molecule has 6 nitrogen and oxygen atoms in total. The highest BCUT2D eigenvalue weighted by Gasteiger charge is 2.32. The molecule has 2 N–H and O–H groups in total. The summed E-state index contributed by atoms with van der Waals surface area (Å²) in [6, 6.07) is 3.22. The normalized spacial score (nSPS) is 27.8. The first kappa shape index (κ1) is 15.8. The van der Waals surface area contributed by atoms with Gasteiger partial charge in [0.15, 0.2) is 0 Å². The molecule has 0 spiro atoms. The fourth-order valence-electron chi connectivity index (χ4n) is 3.51. The van der Waals surface area contributed by atoms with Crippen LogP contribution in [0.1, 0.15) is 39.0 Å². The standard InChI is InChI=1S/C17H24N4O2/c1-12-5-2-7-14(12)19-17(23)20-15-8-4-10-21(16(15)22)13-6-3-9-18-11-13/h3,6,9,11-12,14-15H,2,4-5,7-8,10H2,1H3,(H2,19,20,23). The molecule has 0 radical (unpaired) electrons. The minimum atomic E-state index is -0.458. The Kier molecular flexibility index (Phi) is 4.79. The number of amides is 3. The van der Waals surface area contributed by atoms with Crippen LogP contribution in [0.15, 0.2) is 24.5 Å². The van der Waals surface area contributed by atoms with Crippen LogP contribution in [0.3, 0.4) is 0 Å². The number of piperidine rings is 1. The number of pyridine rings is 1. The van der Waals surface area contributed by atoms with Crippen LogP contribution in [0, 0.1) is 5.92 Å². The smallest absolute Gasteiger partial charge is 0.315 e. The molecular formula is C17H24N4O2. The average molecular weight is 316 g/mol. The molecule has 23 heavy (non-hydrogen) atoms. The summed E-state index contributed by atoms with van der Waals surface area (Å²) in [7, 11) is 0. The molecule has 124 valence electrons. The number of aromatic nitrogens is 1. The number of rotatable bonds is 3. The average Bonchev–Trinajstić information content (AvgIpc) is 2.95. The lowest BCUT2D eigenvalue weighted by molar-refractivity contribution is -0.121. The quantitative estimate of drug-likeness (QED) is 0.896. The van der Waals surface area contributed by atoms with Crippen molar-refractivity contribution in [3.05, 3.63) is 24.5 Å². The van der Waals surface area contributed by atoms with Gasteiger partial charge in [-0.2, -0.15) is 0 Å². The van der Waals surface area contributed by atoms with E-state index in [0.29, 0.717) is 18.9 Å². The highest BCUT2D eigenvalue weighted by Crippen LogP contribution is 2.25. The van der Waals surface area contributed by atoms with Crippen molar-refractivity contribution in [1.29, 1.82) is 0 Å². The first-order chi connectivity index (χ1) is 11.1. The van der Waals surface area contributed by atoms with Crippen molar-refractivity contribution in [3.63, 3.8) is 0 Å². The zero-order valence-corrected chi connectivity index (χ0v) is 13.5. The Hall–Kier alpha value is -2.11. The van der Waals surface area contributed by atoms with Crippen LogP contribution in [0.2, 0.25) is 0 Å². The summed E-state index contributed by atoms with van der Waals surface area (Å²) in [5, 5.41) is 5.87. The van der Waals surface area contributed by atoms with Crippen LogP contribution in [0.25, 0.3) is 0 Å². The number of anilines is 1. The molecule has 1 saturated heterocycles. The van der Waals surface area contributed by atoms with Gasteiger partial charge >= 0.3 is 6.03 Å². The van der Waals surface area contributed by atoms with E-state index in [-0.39, 0.29) is 18.0 Å². The Balaban J connectivity index is 1.59. The second-order valence-corrected chi connectivity index (χ2v) is 6.53. The fraction of sp³-hybridized carbons (Fsp3) is 0.588. The van der Waals surface area contributed by atoms with Gasteiger partial charge < -0.3 is 15.5 Å². The minimum Gasteiger partial charge on any atom is -0.335 e. The summed E-state index contributed by atoms with van der Waals surface area (Å²) in [6.07, 6.45) is 8.25. The lowest BCUT2D eigenvalue weighted by atomic mass is 10.0. The van der Waals surface area contributed by atoms with Crippen molar-refractivity contribution in [2.24, 2.45) is 5.92 Å². The van der Waals surface area contributed by atoms with Gasteiger partial charge in [-0.25, -0.2) is 4.79 Å². The number of hydrogen-bond acceptors (Lipinski definition) is 3. The molecule has 6 heteroatoms. The van der Waals surface area contributed by atoms with Crippen LogP contribution >= 0.6 is 0 Å². The Morgan fingerprint density at radius 1 is 1.26 bits per heavy atom. The zero-order valence-electron chi connectivity index (χ0n) is 13.5. The maximum absolute atomic E-state index is 12.6. The molecule has 3 amide bonds. The molecule has 1 aromatic heterocycles. The van der Waals surface area contributed by atoms with Crippen molar-refractivity contribution in [3.8, 4) is 0 Å². The molecule has 3 atom stereocenters. The van der Waals surface area contributed by atoms with E-state index in [2.05, 4.69) is 22.5 Å². The van der Waals surface area contributed by atoms with E-state index in [0.717, 1.165) is 31.4 Å². The Bertz CT molecular complexity index is 563. The minimum absolute atomic E-state index is 0.0566. The van der Waals surface area contributed by atoms with E-state index in [1.165, 1.54) is 0 Å². The van der Waals surface area contributed by atoms with Gasteiger partial charge in [-0.3, -0.25) is 9.78 Å². The zero-order chi connectivity index (χ0) is 16.2. The van der Waals surface area contributed by atoms with Gasteiger partial charge in [0, 0.05) is 18.8 Å². The van der Waals surface area contributed by atoms with E-state index in [1.807, 2.05) is 12.1 Å². The summed E-state index contributed by atoms with van der Waals surface area (Å²) in [4.78, 5) is 30.6. The third-order valence-electron chi connectivity index (χ3n) is 4.88. The summed E-state index contributed by atoms with van der Waals surface area (Å²) in [5.74, 6) is 0.452. The van der Waals surface area contributed by atoms with Gasteiger partial charge in [0.25, 0.3) is 0 Å². The van der Waals surface area contributed by atoms with E-state index >= 15 is 0 Å². The fourth-order valence-corrected chi connectivity index (χ4v) is 3.51. The number of nitrogens with one attached hydrogen (secondary N) is 2. The molecule has 0 bridgehead atoms. The third-order valence-corrected chi connectivity index (χ3v) is 4.88. The Morgan fingerprint density at radius 2 is 2.13 bits per heavy atom. The number of urea groups is 1. The second-order valence-electron chi connectivity index (χ2n) is 6.53. The number of carbonyl (C=O) groups excluding carboxylic acids is 2. The predicted molar refractivity (Wildman–Crippen MR) is 88.1 cm³/mol. The Labute approximate surface area is 136 Å². The van der Waals surface area contributed by atoms with Crippen molar-refractivity contribution in [2.75, 3.05) is 11.4 Å². The molecule has 2 fully saturated rings. The molecular weight excluding hydrogens is 292 g/mol. The maximum atomic E-state index is 12.6. The predicted octanol–water partition coefficient (Wildman–Crippen LogP) is 2.06.